The molecule has 2 heterocycles. The molecule has 2 rings (SSSR count). The molecule has 0 N–H and O–H groups in total. The van der Waals surface area contributed by atoms with Gasteiger partial charge in [-0.3, -0.25) is 4.79 Å². The highest BCUT2D eigenvalue weighted by Crippen LogP contribution is 2.28. The fraction of sp³-hybridized carbons (Fsp3) is 0.583. The van der Waals surface area contributed by atoms with Crippen molar-refractivity contribution in [1.29, 1.82) is 0 Å². The quantitative estimate of drug-likeness (QED) is 0.600. The highest BCUT2D eigenvalue weighted by atomic mass is 35.5. The van der Waals surface area contributed by atoms with Crippen molar-refractivity contribution in [2.24, 2.45) is 11.8 Å². The van der Waals surface area contributed by atoms with E-state index in [1.54, 1.807) is 0 Å². The maximum Gasteiger partial charge on any atom is 0.156 e. The van der Waals surface area contributed by atoms with E-state index in [4.69, 9.17) is 11.6 Å². The Bertz CT molecular complexity index is 414. The molecular formula is C12H16ClN3O. The molecule has 0 radical (unpaired) electrons. The predicted octanol–water partition coefficient (Wildman–Crippen LogP) is 2.42. The summed E-state index contributed by atoms with van der Waals surface area (Å²) in [6.07, 6.45) is 3.36. The van der Waals surface area contributed by atoms with Gasteiger partial charge >= 0.3 is 0 Å². The van der Waals surface area contributed by atoms with Crippen molar-refractivity contribution >= 4 is 23.7 Å². The minimum Gasteiger partial charge on any atom is -0.355 e. The Balaban J connectivity index is 2.33. The molecule has 92 valence electrons. The molecule has 1 saturated heterocycles. The molecule has 2 atom stereocenters. The van der Waals surface area contributed by atoms with Crippen LogP contribution in [0.15, 0.2) is 6.33 Å². The van der Waals surface area contributed by atoms with Crippen LogP contribution in [-0.2, 0) is 0 Å². The van der Waals surface area contributed by atoms with Crippen LogP contribution in [0.4, 0.5) is 5.82 Å². The Morgan fingerprint density at radius 1 is 1.35 bits per heavy atom. The van der Waals surface area contributed by atoms with Gasteiger partial charge in [-0.2, -0.15) is 0 Å². The number of carbonyl (C=O) groups is 1. The number of hydrogen-bond donors (Lipinski definition) is 0. The monoisotopic (exact) mass is 253 g/mol. The zero-order chi connectivity index (χ0) is 12.4. The first-order valence-electron chi connectivity index (χ1n) is 5.82. The summed E-state index contributed by atoms with van der Waals surface area (Å²) in [6, 6.07) is 0. The van der Waals surface area contributed by atoms with Crippen LogP contribution >= 0.6 is 11.6 Å². The Hall–Kier alpha value is -1.16. The van der Waals surface area contributed by atoms with Crippen molar-refractivity contribution in [2.75, 3.05) is 18.0 Å². The van der Waals surface area contributed by atoms with Crippen molar-refractivity contribution in [2.45, 2.75) is 20.3 Å². The predicted molar refractivity (Wildman–Crippen MR) is 67.6 cm³/mol. The minimum absolute atomic E-state index is 0.232. The molecule has 0 amide bonds. The lowest BCUT2D eigenvalue weighted by Crippen LogP contribution is -2.39. The average molecular weight is 254 g/mol. The van der Waals surface area contributed by atoms with Crippen LogP contribution in [0, 0.1) is 11.8 Å². The second-order valence-electron chi connectivity index (χ2n) is 4.87. The largest absolute Gasteiger partial charge is 0.355 e. The van der Waals surface area contributed by atoms with Gasteiger partial charge in [-0.25, -0.2) is 9.97 Å². The lowest BCUT2D eigenvalue weighted by molar-refractivity contribution is 0.112. The fourth-order valence-electron chi connectivity index (χ4n) is 2.55. The molecule has 4 nitrogen and oxygen atoms in total. The van der Waals surface area contributed by atoms with E-state index in [2.05, 4.69) is 28.7 Å². The first-order chi connectivity index (χ1) is 8.11. The van der Waals surface area contributed by atoms with Gasteiger partial charge in [-0.15, -0.1) is 0 Å². The summed E-state index contributed by atoms with van der Waals surface area (Å²) < 4.78 is 0. The van der Waals surface area contributed by atoms with Gasteiger partial charge in [-0.1, -0.05) is 25.4 Å². The number of carbonyl (C=O) groups excluding carboxylic acids is 1. The molecular weight excluding hydrogens is 238 g/mol. The van der Waals surface area contributed by atoms with Gasteiger partial charge in [0.15, 0.2) is 6.29 Å². The smallest absolute Gasteiger partial charge is 0.156 e. The van der Waals surface area contributed by atoms with Crippen LogP contribution in [0.25, 0.3) is 0 Å². The summed E-state index contributed by atoms with van der Waals surface area (Å²) >= 11 is 5.91. The summed E-state index contributed by atoms with van der Waals surface area (Å²) in [4.78, 5) is 21.2. The van der Waals surface area contributed by atoms with Crippen molar-refractivity contribution in [1.82, 2.24) is 9.97 Å². The summed E-state index contributed by atoms with van der Waals surface area (Å²) in [5.41, 5.74) is 0.399. The topological polar surface area (TPSA) is 46.1 Å². The standard InChI is InChI=1S/C12H16ClN3O/c1-8-3-9(2)5-16(4-8)12-10(6-17)11(13)14-7-15-12/h6-9H,3-5H2,1-2H3. The number of rotatable bonds is 2. The molecule has 0 bridgehead atoms. The summed E-state index contributed by atoms with van der Waals surface area (Å²) in [6.45, 7) is 6.26. The van der Waals surface area contributed by atoms with Gasteiger partial charge < -0.3 is 4.90 Å². The van der Waals surface area contributed by atoms with Crippen LogP contribution < -0.4 is 4.90 Å². The molecule has 0 spiro atoms. The molecule has 1 aliphatic heterocycles. The Labute approximate surface area is 106 Å². The number of piperidine rings is 1. The molecule has 0 saturated carbocycles. The van der Waals surface area contributed by atoms with Crippen LogP contribution in [0.3, 0.4) is 0 Å². The van der Waals surface area contributed by atoms with E-state index in [1.807, 2.05) is 0 Å². The minimum atomic E-state index is 0.232. The SMILES string of the molecule is CC1CC(C)CN(c2ncnc(Cl)c2C=O)C1. The van der Waals surface area contributed by atoms with Crippen LogP contribution in [0.2, 0.25) is 5.15 Å². The fourth-order valence-corrected chi connectivity index (χ4v) is 2.73. The Morgan fingerprint density at radius 3 is 2.59 bits per heavy atom. The van der Waals surface area contributed by atoms with Crippen molar-refractivity contribution in [3.05, 3.63) is 17.0 Å². The van der Waals surface area contributed by atoms with Gasteiger partial charge in [-0.05, 0) is 18.3 Å². The molecule has 1 aromatic heterocycles. The zero-order valence-electron chi connectivity index (χ0n) is 10.1. The van der Waals surface area contributed by atoms with Gasteiger partial charge in [0.25, 0.3) is 0 Å². The third kappa shape index (κ3) is 2.57. The maximum absolute atomic E-state index is 11.1. The average Bonchev–Trinajstić information content (AvgIpc) is 2.27. The van der Waals surface area contributed by atoms with E-state index < -0.39 is 0 Å². The van der Waals surface area contributed by atoms with Crippen LogP contribution in [-0.4, -0.2) is 29.3 Å². The second-order valence-corrected chi connectivity index (χ2v) is 5.23. The Morgan fingerprint density at radius 2 is 2.00 bits per heavy atom. The molecule has 17 heavy (non-hydrogen) atoms. The zero-order valence-corrected chi connectivity index (χ0v) is 10.8. The van der Waals surface area contributed by atoms with Crippen molar-refractivity contribution in [3.63, 3.8) is 0 Å². The number of aromatic nitrogens is 2. The van der Waals surface area contributed by atoms with E-state index in [1.165, 1.54) is 12.7 Å². The van der Waals surface area contributed by atoms with Gasteiger partial charge in [0.05, 0.1) is 5.56 Å². The normalized spacial score (nSPS) is 24.8. The molecule has 0 aliphatic carbocycles. The lowest BCUT2D eigenvalue weighted by Gasteiger charge is -2.36. The molecule has 0 aromatic carbocycles. The number of halogens is 1. The van der Waals surface area contributed by atoms with Gasteiger partial charge in [0.1, 0.15) is 17.3 Å². The first kappa shape index (κ1) is 12.3. The van der Waals surface area contributed by atoms with Crippen molar-refractivity contribution < 1.29 is 4.79 Å². The lowest BCUT2D eigenvalue weighted by atomic mass is 9.92. The highest BCUT2D eigenvalue weighted by Gasteiger charge is 2.25. The van der Waals surface area contributed by atoms with Crippen molar-refractivity contribution in [3.8, 4) is 0 Å². The maximum atomic E-state index is 11.1. The summed E-state index contributed by atoms with van der Waals surface area (Å²) in [7, 11) is 0. The number of nitrogens with zero attached hydrogens (tertiary/aromatic N) is 3. The Kier molecular flexibility index (Phi) is 3.62. The highest BCUT2D eigenvalue weighted by molar-refractivity contribution is 6.32. The van der Waals surface area contributed by atoms with Gasteiger partial charge in [0.2, 0.25) is 0 Å². The summed E-state index contributed by atoms with van der Waals surface area (Å²) in [5, 5.41) is 0.232. The molecule has 1 fully saturated rings. The van der Waals surface area contributed by atoms with E-state index in [0.717, 1.165) is 19.4 Å². The van der Waals surface area contributed by atoms with E-state index in [-0.39, 0.29) is 5.15 Å². The van der Waals surface area contributed by atoms with E-state index >= 15 is 0 Å². The summed E-state index contributed by atoms with van der Waals surface area (Å²) in [5.74, 6) is 1.87. The molecule has 1 aromatic rings. The molecule has 1 aliphatic rings. The molecule has 2 unspecified atom stereocenters. The third-order valence-corrected chi connectivity index (χ3v) is 3.40. The van der Waals surface area contributed by atoms with E-state index in [0.29, 0.717) is 23.2 Å². The van der Waals surface area contributed by atoms with E-state index in [9.17, 15) is 4.79 Å². The third-order valence-electron chi connectivity index (χ3n) is 3.10. The van der Waals surface area contributed by atoms with Gasteiger partial charge in [0, 0.05) is 13.1 Å². The molecule has 5 heteroatoms. The van der Waals surface area contributed by atoms with Crippen LogP contribution in [0.1, 0.15) is 30.6 Å². The first-order valence-corrected chi connectivity index (χ1v) is 6.20. The number of aldehydes is 1. The second kappa shape index (κ2) is 5.00. The van der Waals surface area contributed by atoms with Crippen LogP contribution in [0.5, 0.6) is 0 Å². The number of hydrogen-bond acceptors (Lipinski definition) is 4. The number of anilines is 1.